The van der Waals surface area contributed by atoms with Gasteiger partial charge >= 0.3 is 0 Å². The lowest BCUT2D eigenvalue weighted by Gasteiger charge is -2.21. The Bertz CT molecular complexity index is 547. The Morgan fingerprint density at radius 2 is 1.89 bits per heavy atom. The molecule has 0 radical (unpaired) electrons. The van der Waals surface area contributed by atoms with Crippen LogP contribution in [-0.4, -0.2) is 50.2 Å². The summed E-state index contributed by atoms with van der Waals surface area (Å²) in [5.74, 6) is 1.77. The van der Waals surface area contributed by atoms with Crippen LogP contribution in [0.4, 0.5) is 0 Å². The van der Waals surface area contributed by atoms with E-state index < -0.39 is 0 Å². The number of rotatable bonds is 11. The van der Waals surface area contributed by atoms with Gasteiger partial charge in [0.1, 0.15) is 5.75 Å². The SMILES string of the molecule is CCNC(=NCc1cc(C)cc(OC)c1)NC(C)CCCN(CC)CC.I. The molecule has 1 aromatic rings. The number of aliphatic imine (C=N–C) groups is 1. The molecule has 0 amide bonds. The lowest BCUT2D eigenvalue weighted by molar-refractivity contribution is 0.292. The highest BCUT2D eigenvalue weighted by Gasteiger charge is 2.07. The van der Waals surface area contributed by atoms with Gasteiger partial charge in [-0.3, -0.25) is 0 Å². The van der Waals surface area contributed by atoms with Gasteiger partial charge in [-0.2, -0.15) is 0 Å². The second-order valence-electron chi connectivity index (χ2n) is 6.77. The van der Waals surface area contributed by atoms with Crippen molar-refractivity contribution in [3.63, 3.8) is 0 Å². The fourth-order valence-electron chi connectivity index (χ4n) is 2.99. The zero-order valence-corrected chi connectivity index (χ0v) is 20.3. The van der Waals surface area contributed by atoms with Gasteiger partial charge in [0.2, 0.25) is 0 Å². The van der Waals surface area contributed by atoms with E-state index in [0.29, 0.717) is 12.6 Å². The van der Waals surface area contributed by atoms with E-state index in [4.69, 9.17) is 9.73 Å². The molecule has 0 aromatic heterocycles. The van der Waals surface area contributed by atoms with Crippen LogP contribution in [0.3, 0.4) is 0 Å². The number of halogens is 1. The quantitative estimate of drug-likeness (QED) is 0.278. The molecule has 5 nitrogen and oxygen atoms in total. The second-order valence-corrected chi connectivity index (χ2v) is 6.77. The summed E-state index contributed by atoms with van der Waals surface area (Å²) in [6, 6.07) is 6.64. The van der Waals surface area contributed by atoms with Gasteiger partial charge in [0.25, 0.3) is 0 Å². The minimum absolute atomic E-state index is 0. The summed E-state index contributed by atoms with van der Waals surface area (Å²) < 4.78 is 5.35. The van der Waals surface area contributed by atoms with E-state index in [1.54, 1.807) is 7.11 Å². The molecule has 6 heteroatoms. The van der Waals surface area contributed by atoms with Crippen LogP contribution in [0.1, 0.15) is 51.7 Å². The molecular formula is C21H39IN4O. The van der Waals surface area contributed by atoms with Crippen molar-refractivity contribution in [2.24, 2.45) is 4.99 Å². The minimum Gasteiger partial charge on any atom is -0.497 e. The van der Waals surface area contributed by atoms with Crippen molar-refractivity contribution in [3.05, 3.63) is 29.3 Å². The summed E-state index contributed by atoms with van der Waals surface area (Å²) in [6.07, 6.45) is 2.34. The first-order valence-electron chi connectivity index (χ1n) is 9.94. The van der Waals surface area contributed by atoms with Crippen LogP contribution in [0.25, 0.3) is 0 Å². The molecule has 1 rings (SSSR count). The van der Waals surface area contributed by atoms with Crippen molar-refractivity contribution in [2.45, 2.75) is 60.0 Å². The van der Waals surface area contributed by atoms with Gasteiger partial charge in [-0.25, -0.2) is 4.99 Å². The number of aryl methyl sites for hydroxylation is 1. The van der Waals surface area contributed by atoms with Crippen molar-refractivity contribution in [1.29, 1.82) is 0 Å². The Balaban J connectivity index is 0.00000676. The van der Waals surface area contributed by atoms with E-state index in [2.05, 4.69) is 56.2 Å². The highest BCUT2D eigenvalue weighted by Crippen LogP contribution is 2.17. The summed E-state index contributed by atoms with van der Waals surface area (Å²) in [7, 11) is 1.70. The van der Waals surface area contributed by atoms with Gasteiger partial charge in [0.15, 0.2) is 5.96 Å². The predicted octanol–water partition coefficient (Wildman–Crippen LogP) is 4.19. The highest BCUT2D eigenvalue weighted by atomic mass is 127. The third kappa shape index (κ3) is 10.8. The largest absolute Gasteiger partial charge is 0.497 e. The van der Waals surface area contributed by atoms with Crippen LogP contribution in [0.2, 0.25) is 0 Å². The van der Waals surface area contributed by atoms with E-state index in [-0.39, 0.29) is 24.0 Å². The molecule has 0 aliphatic heterocycles. The standard InChI is InChI=1S/C21H38N4O.HI/c1-7-22-21(24-18(5)11-10-12-25(8-2)9-3)23-16-19-13-17(4)14-20(15-19)26-6;/h13-15,18H,7-12,16H2,1-6H3,(H2,22,23,24);1H. The lowest BCUT2D eigenvalue weighted by atomic mass is 10.1. The molecule has 0 fully saturated rings. The summed E-state index contributed by atoms with van der Waals surface area (Å²) in [4.78, 5) is 7.21. The maximum atomic E-state index is 5.35. The van der Waals surface area contributed by atoms with Crippen LogP contribution < -0.4 is 15.4 Å². The molecule has 2 N–H and O–H groups in total. The maximum absolute atomic E-state index is 5.35. The number of guanidine groups is 1. The predicted molar refractivity (Wildman–Crippen MR) is 128 cm³/mol. The second kappa shape index (κ2) is 15.0. The van der Waals surface area contributed by atoms with E-state index in [1.807, 2.05) is 12.1 Å². The molecule has 0 aliphatic rings. The molecule has 27 heavy (non-hydrogen) atoms. The van der Waals surface area contributed by atoms with Gasteiger partial charge in [0.05, 0.1) is 13.7 Å². The molecule has 156 valence electrons. The molecule has 1 unspecified atom stereocenters. The van der Waals surface area contributed by atoms with E-state index in [0.717, 1.165) is 49.9 Å². The number of hydrogen-bond acceptors (Lipinski definition) is 3. The number of nitrogens with one attached hydrogen (secondary N) is 2. The molecule has 0 saturated carbocycles. The summed E-state index contributed by atoms with van der Waals surface area (Å²) in [5.41, 5.74) is 2.35. The van der Waals surface area contributed by atoms with Gasteiger partial charge in [0, 0.05) is 12.6 Å². The van der Waals surface area contributed by atoms with E-state index in [1.165, 1.54) is 12.0 Å². The first kappa shape index (κ1) is 26.0. The third-order valence-electron chi connectivity index (χ3n) is 4.50. The van der Waals surface area contributed by atoms with Crippen molar-refractivity contribution < 1.29 is 4.74 Å². The minimum atomic E-state index is 0. The van der Waals surface area contributed by atoms with Gasteiger partial charge in [-0.15, -0.1) is 24.0 Å². The van der Waals surface area contributed by atoms with Crippen molar-refractivity contribution in [3.8, 4) is 5.75 Å². The Labute approximate surface area is 183 Å². The Morgan fingerprint density at radius 1 is 1.19 bits per heavy atom. The monoisotopic (exact) mass is 490 g/mol. The molecular weight excluding hydrogens is 451 g/mol. The molecule has 0 aliphatic carbocycles. The van der Waals surface area contributed by atoms with Crippen LogP contribution in [0, 0.1) is 6.92 Å². The number of ether oxygens (including phenoxy) is 1. The van der Waals surface area contributed by atoms with Gasteiger partial charge < -0.3 is 20.3 Å². The smallest absolute Gasteiger partial charge is 0.191 e. The van der Waals surface area contributed by atoms with Crippen LogP contribution in [-0.2, 0) is 6.54 Å². The maximum Gasteiger partial charge on any atom is 0.191 e. The summed E-state index contributed by atoms with van der Waals surface area (Å²) in [6.45, 7) is 15.8. The average molecular weight is 490 g/mol. The van der Waals surface area contributed by atoms with Crippen LogP contribution in [0.5, 0.6) is 5.75 Å². The van der Waals surface area contributed by atoms with Gasteiger partial charge in [-0.05, 0) is 76.5 Å². The Morgan fingerprint density at radius 3 is 2.48 bits per heavy atom. The van der Waals surface area contributed by atoms with Gasteiger partial charge in [-0.1, -0.05) is 19.9 Å². The normalized spacial score (nSPS) is 12.5. The Kier molecular flexibility index (Phi) is 14.4. The van der Waals surface area contributed by atoms with Crippen LogP contribution in [0.15, 0.2) is 23.2 Å². The fourth-order valence-corrected chi connectivity index (χ4v) is 2.99. The average Bonchev–Trinajstić information content (AvgIpc) is 2.63. The van der Waals surface area contributed by atoms with Crippen molar-refractivity contribution >= 4 is 29.9 Å². The number of benzene rings is 1. The number of hydrogen-bond donors (Lipinski definition) is 2. The zero-order chi connectivity index (χ0) is 19.4. The first-order valence-corrected chi connectivity index (χ1v) is 9.94. The molecule has 0 spiro atoms. The van der Waals surface area contributed by atoms with E-state index in [9.17, 15) is 0 Å². The molecule has 1 atom stereocenters. The fraction of sp³-hybridized carbons (Fsp3) is 0.667. The first-order chi connectivity index (χ1) is 12.5. The zero-order valence-electron chi connectivity index (χ0n) is 18.0. The third-order valence-corrected chi connectivity index (χ3v) is 4.50. The van der Waals surface area contributed by atoms with E-state index >= 15 is 0 Å². The summed E-state index contributed by atoms with van der Waals surface area (Å²) in [5, 5.41) is 6.88. The number of nitrogens with zero attached hydrogens (tertiary/aromatic N) is 2. The molecule has 0 bridgehead atoms. The molecule has 0 saturated heterocycles. The van der Waals surface area contributed by atoms with Crippen molar-refractivity contribution in [1.82, 2.24) is 15.5 Å². The molecule has 0 heterocycles. The van der Waals surface area contributed by atoms with Crippen LogP contribution >= 0.6 is 24.0 Å². The lowest BCUT2D eigenvalue weighted by Crippen LogP contribution is -2.42. The highest BCUT2D eigenvalue weighted by molar-refractivity contribution is 14.0. The molecule has 1 aromatic carbocycles. The summed E-state index contributed by atoms with van der Waals surface area (Å²) >= 11 is 0. The van der Waals surface area contributed by atoms with Crippen molar-refractivity contribution in [2.75, 3.05) is 33.3 Å². The topological polar surface area (TPSA) is 48.9 Å². The number of methoxy groups -OCH3 is 1. The Hall–Kier alpha value is -1.02.